The Morgan fingerprint density at radius 2 is 2.20 bits per heavy atom. The van der Waals surface area contributed by atoms with Crippen LogP contribution in [-0.2, 0) is 6.54 Å². The first-order valence-corrected chi connectivity index (χ1v) is 5.33. The fourth-order valence-electron chi connectivity index (χ4n) is 1.51. The molecule has 0 saturated heterocycles. The predicted molar refractivity (Wildman–Crippen MR) is 57.3 cm³/mol. The van der Waals surface area contributed by atoms with E-state index < -0.39 is 5.82 Å². The summed E-state index contributed by atoms with van der Waals surface area (Å²) in [6.07, 6.45) is 1.94. The van der Waals surface area contributed by atoms with E-state index in [0.717, 1.165) is 18.4 Å². The van der Waals surface area contributed by atoms with Crippen LogP contribution < -0.4 is 5.32 Å². The Kier molecular flexibility index (Phi) is 2.96. The Hall–Kier alpha value is -0.640. The van der Waals surface area contributed by atoms with E-state index in [1.807, 2.05) is 0 Å². The van der Waals surface area contributed by atoms with E-state index >= 15 is 0 Å². The smallest absolute Gasteiger partial charge is 0.142 e. The lowest BCUT2D eigenvalue weighted by Crippen LogP contribution is -2.34. The summed E-state index contributed by atoms with van der Waals surface area (Å²) in [5.41, 5.74) is 0.590. The highest BCUT2D eigenvalue weighted by Crippen LogP contribution is 2.35. The Bertz CT molecular complexity index is 366. The van der Waals surface area contributed by atoms with Crippen LogP contribution in [0.15, 0.2) is 18.2 Å². The topological polar surface area (TPSA) is 32.3 Å². The van der Waals surface area contributed by atoms with Gasteiger partial charge in [-0.05, 0) is 24.5 Å². The Morgan fingerprint density at radius 3 is 2.80 bits per heavy atom. The molecule has 0 radical (unpaired) electrons. The molecule has 0 amide bonds. The van der Waals surface area contributed by atoms with Crippen molar-refractivity contribution in [2.24, 2.45) is 0 Å². The number of benzene rings is 1. The van der Waals surface area contributed by atoms with Crippen LogP contribution in [0.25, 0.3) is 0 Å². The van der Waals surface area contributed by atoms with E-state index in [1.54, 1.807) is 12.1 Å². The molecule has 2 nitrogen and oxygen atoms in total. The lowest BCUT2D eigenvalue weighted by atomic mass is 10.2. The van der Waals surface area contributed by atoms with Gasteiger partial charge in [-0.1, -0.05) is 23.7 Å². The zero-order valence-electron chi connectivity index (χ0n) is 8.26. The van der Waals surface area contributed by atoms with Crippen molar-refractivity contribution in [2.75, 3.05) is 6.61 Å². The third-order valence-electron chi connectivity index (χ3n) is 2.84. The second-order valence-corrected chi connectivity index (χ2v) is 4.38. The summed E-state index contributed by atoms with van der Waals surface area (Å²) in [5, 5.41) is 12.5. The molecule has 1 aliphatic rings. The van der Waals surface area contributed by atoms with E-state index in [4.69, 9.17) is 16.7 Å². The van der Waals surface area contributed by atoms with Crippen LogP contribution in [0.2, 0.25) is 5.02 Å². The summed E-state index contributed by atoms with van der Waals surface area (Å²) < 4.78 is 13.1. The van der Waals surface area contributed by atoms with Gasteiger partial charge in [0.1, 0.15) is 5.82 Å². The average Bonchev–Trinajstić information content (AvgIpc) is 3.01. The molecule has 1 aromatic carbocycles. The molecule has 1 fully saturated rings. The van der Waals surface area contributed by atoms with Gasteiger partial charge in [0, 0.05) is 12.1 Å². The minimum Gasteiger partial charge on any atom is -0.394 e. The summed E-state index contributed by atoms with van der Waals surface area (Å²) in [4.78, 5) is 0. The van der Waals surface area contributed by atoms with Gasteiger partial charge in [0.25, 0.3) is 0 Å². The highest BCUT2D eigenvalue weighted by molar-refractivity contribution is 6.31. The molecule has 4 heteroatoms. The zero-order valence-corrected chi connectivity index (χ0v) is 9.02. The second kappa shape index (κ2) is 4.08. The number of nitrogens with one attached hydrogen (secondary N) is 1. The molecule has 0 bridgehead atoms. The molecular formula is C11H13ClFNO. The maximum atomic E-state index is 13.1. The van der Waals surface area contributed by atoms with Crippen molar-refractivity contribution in [3.8, 4) is 0 Å². The summed E-state index contributed by atoms with van der Waals surface area (Å²) in [6.45, 7) is 0.622. The van der Waals surface area contributed by atoms with Crippen LogP contribution in [0.3, 0.4) is 0 Å². The Morgan fingerprint density at radius 1 is 1.47 bits per heavy atom. The molecule has 1 saturated carbocycles. The van der Waals surface area contributed by atoms with Crippen LogP contribution in [-0.4, -0.2) is 17.3 Å². The molecule has 82 valence electrons. The van der Waals surface area contributed by atoms with Crippen LogP contribution in [0.1, 0.15) is 18.4 Å². The summed E-state index contributed by atoms with van der Waals surface area (Å²) in [7, 11) is 0. The molecule has 1 aliphatic carbocycles. The number of hydrogen-bond acceptors (Lipinski definition) is 2. The van der Waals surface area contributed by atoms with E-state index in [0.29, 0.717) is 6.54 Å². The largest absolute Gasteiger partial charge is 0.394 e. The van der Waals surface area contributed by atoms with Gasteiger partial charge in [-0.15, -0.1) is 0 Å². The van der Waals surface area contributed by atoms with Crippen molar-refractivity contribution in [1.29, 1.82) is 0 Å². The molecule has 0 spiro atoms. The van der Waals surface area contributed by atoms with Gasteiger partial charge in [0.2, 0.25) is 0 Å². The lowest BCUT2D eigenvalue weighted by molar-refractivity contribution is 0.229. The minimum absolute atomic E-state index is 0.125. The molecular weight excluding hydrogens is 217 g/mol. The van der Waals surface area contributed by atoms with Crippen LogP contribution >= 0.6 is 11.6 Å². The number of aliphatic hydroxyl groups excluding tert-OH is 1. The number of hydrogen-bond donors (Lipinski definition) is 2. The lowest BCUT2D eigenvalue weighted by Gasteiger charge is -2.14. The van der Waals surface area contributed by atoms with E-state index in [9.17, 15) is 4.39 Å². The van der Waals surface area contributed by atoms with Crippen molar-refractivity contribution < 1.29 is 9.50 Å². The fourth-order valence-corrected chi connectivity index (χ4v) is 1.70. The van der Waals surface area contributed by atoms with Crippen LogP contribution in [0.5, 0.6) is 0 Å². The standard InChI is InChI=1S/C11H13ClFNO/c12-10-8(2-1-3-9(10)13)6-14-11(7-15)4-5-11/h1-3,14-15H,4-7H2. The van der Waals surface area contributed by atoms with Crippen LogP contribution in [0.4, 0.5) is 4.39 Å². The van der Waals surface area contributed by atoms with E-state index in [-0.39, 0.29) is 17.2 Å². The third kappa shape index (κ3) is 2.30. The van der Waals surface area contributed by atoms with Crippen molar-refractivity contribution in [3.63, 3.8) is 0 Å². The van der Waals surface area contributed by atoms with Crippen molar-refractivity contribution in [1.82, 2.24) is 5.32 Å². The number of aliphatic hydroxyl groups is 1. The van der Waals surface area contributed by atoms with Gasteiger partial charge in [-0.3, -0.25) is 0 Å². The zero-order chi connectivity index (χ0) is 10.9. The van der Waals surface area contributed by atoms with Gasteiger partial charge in [0.15, 0.2) is 0 Å². The molecule has 2 N–H and O–H groups in total. The van der Waals surface area contributed by atoms with Gasteiger partial charge >= 0.3 is 0 Å². The normalized spacial score (nSPS) is 17.8. The first kappa shape index (κ1) is 10.9. The van der Waals surface area contributed by atoms with Gasteiger partial charge < -0.3 is 10.4 Å². The molecule has 0 aromatic heterocycles. The Balaban J connectivity index is 2.02. The second-order valence-electron chi connectivity index (χ2n) is 4.00. The summed E-state index contributed by atoms with van der Waals surface area (Å²) in [6, 6.07) is 4.76. The molecule has 2 rings (SSSR count). The van der Waals surface area contributed by atoms with Crippen LogP contribution in [0, 0.1) is 5.82 Å². The molecule has 1 aromatic rings. The monoisotopic (exact) mass is 229 g/mol. The van der Waals surface area contributed by atoms with Crippen molar-refractivity contribution in [3.05, 3.63) is 34.6 Å². The third-order valence-corrected chi connectivity index (χ3v) is 3.26. The maximum absolute atomic E-state index is 13.1. The average molecular weight is 230 g/mol. The molecule has 0 unspecified atom stereocenters. The van der Waals surface area contributed by atoms with Crippen molar-refractivity contribution >= 4 is 11.6 Å². The first-order valence-electron chi connectivity index (χ1n) is 4.96. The summed E-state index contributed by atoms with van der Waals surface area (Å²) >= 11 is 5.81. The van der Waals surface area contributed by atoms with Gasteiger partial charge in [-0.25, -0.2) is 4.39 Å². The van der Waals surface area contributed by atoms with Gasteiger partial charge in [0.05, 0.1) is 11.6 Å². The van der Waals surface area contributed by atoms with E-state index in [1.165, 1.54) is 6.07 Å². The highest BCUT2D eigenvalue weighted by atomic mass is 35.5. The Labute approximate surface area is 93.1 Å². The first-order chi connectivity index (χ1) is 7.17. The number of rotatable bonds is 4. The molecule has 15 heavy (non-hydrogen) atoms. The van der Waals surface area contributed by atoms with Crippen molar-refractivity contribution in [2.45, 2.75) is 24.9 Å². The fraction of sp³-hybridized carbons (Fsp3) is 0.455. The number of halogens is 2. The quantitative estimate of drug-likeness (QED) is 0.829. The van der Waals surface area contributed by atoms with E-state index in [2.05, 4.69) is 5.32 Å². The SMILES string of the molecule is OCC1(NCc2cccc(F)c2Cl)CC1. The molecule has 0 heterocycles. The maximum Gasteiger partial charge on any atom is 0.142 e. The van der Waals surface area contributed by atoms with Gasteiger partial charge in [-0.2, -0.15) is 0 Å². The minimum atomic E-state index is -0.398. The predicted octanol–water partition coefficient (Wildman–Crippen LogP) is 2.09. The highest BCUT2D eigenvalue weighted by Gasteiger charge is 2.41. The summed E-state index contributed by atoms with van der Waals surface area (Å²) in [5.74, 6) is -0.398. The molecule has 0 aliphatic heterocycles. The molecule has 0 atom stereocenters.